The van der Waals surface area contributed by atoms with E-state index in [2.05, 4.69) is 167 Å². The van der Waals surface area contributed by atoms with Crippen LogP contribution in [0.5, 0.6) is 0 Å². The number of rotatable bonds is 13. The number of pyridine rings is 1. The highest BCUT2D eigenvalue weighted by Crippen LogP contribution is 2.55. The van der Waals surface area contributed by atoms with Crippen LogP contribution in [0.4, 0.5) is 0 Å². The maximum atomic E-state index is 5.44. The SMILES string of the molecule is CCCCCCC1(CCCCCC)c2ccccc2-c2ccc(-c3cc(-c4ccc5c(c4)C(C)(C)c4ccccc4-5)nc4ccc(-c5ccccc5)cc34)cc21. The number of hydrogen-bond donors (Lipinski definition) is 0. The molecule has 0 aliphatic heterocycles. The van der Waals surface area contributed by atoms with Crippen LogP contribution in [0.25, 0.3) is 66.7 Å². The van der Waals surface area contributed by atoms with Gasteiger partial charge in [-0.2, -0.15) is 0 Å². The predicted octanol–water partition coefficient (Wildman–Crippen LogP) is 15.7. The Hall–Kier alpha value is -5.27. The highest BCUT2D eigenvalue weighted by Gasteiger charge is 2.42. The van der Waals surface area contributed by atoms with E-state index in [1.807, 2.05) is 0 Å². The van der Waals surface area contributed by atoms with Gasteiger partial charge in [0.2, 0.25) is 0 Å². The van der Waals surface area contributed by atoms with Crippen molar-refractivity contribution in [3.63, 3.8) is 0 Å². The molecule has 7 aromatic rings. The van der Waals surface area contributed by atoms with Gasteiger partial charge in [-0.05, 0) is 110 Å². The molecule has 0 unspecified atom stereocenters. The largest absolute Gasteiger partial charge is 0.248 e. The van der Waals surface area contributed by atoms with E-state index in [-0.39, 0.29) is 10.8 Å². The second kappa shape index (κ2) is 15.0. The van der Waals surface area contributed by atoms with Crippen LogP contribution in [0.3, 0.4) is 0 Å². The number of benzene rings is 6. The molecule has 0 saturated carbocycles. The molecule has 1 nitrogen and oxygen atoms in total. The van der Waals surface area contributed by atoms with E-state index >= 15 is 0 Å². The molecule has 0 fully saturated rings. The first-order valence-electron chi connectivity index (χ1n) is 21.4. The van der Waals surface area contributed by atoms with Crippen molar-refractivity contribution in [2.75, 3.05) is 0 Å². The summed E-state index contributed by atoms with van der Waals surface area (Å²) < 4.78 is 0. The van der Waals surface area contributed by atoms with Crippen LogP contribution in [0.1, 0.15) is 114 Å². The van der Waals surface area contributed by atoms with Crippen molar-refractivity contribution < 1.29 is 0 Å². The number of aromatic nitrogens is 1. The lowest BCUT2D eigenvalue weighted by Gasteiger charge is -2.33. The summed E-state index contributed by atoms with van der Waals surface area (Å²) in [6, 6.07) is 52.8. The molecule has 0 atom stereocenters. The molecule has 0 bridgehead atoms. The van der Waals surface area contributed by atoms with E-state index in [0.29, 0.717) is 0 Å². The zero-order valence-corrected chi connectivity index (χ0v) is 33.8. The van der Waals surface area contributed by atoms with Crippen molar-refractivity contribution >= 4 is 10.9 Å². The van der Waals surface area contributed by atoms with Gasteiger partial charge in [0.1, 0.15) is 0 Å². The molecule has 1 heterocycles. The fourth-order valence-corrected chi connectivity index (χ4v) is 10.3. The van der Waals surface area contributed by atoms with Gasteiger partial charge in [0.15, 0.2) is 0 Å². The molecule has 0 amide bonds. The Bertz CT molecular complexity index is 2520. The van der Waals surface area contributed by atoms with Gasteiger partial charge in [-0.25, -0.2) is 4.98 Å². The average molecular weight is 730 g/mol. The van der Waals surface area contributed by atoms with E-state index in [1.54, 1.807) is 5.56 Å². The standard InChI is InChI=1S/C55H55N/c1-5-7-9-18-32-55(33-19-10-8-6-2)49-25-17-15-23-43(49)45-29-26-40(35-51(45)55)46-37-53(56-52-31-28-39(34-47(46)52)38-20-12-11-13-21-38)41-27-30-44-42-22-14-16-24-48(42)54(3,4)50(44)36-41/h11-17,20-31,34-37H,5-10,18-19,32-33H2,1-4H3. The van der Waals surface area contributed by atoms with Crippen LogP contribution in [0.2, 0.25) is 0 Å². The molecule has 0 spiro atoms. The molecule has 0 N–H and O–H groups in total. The third-order valence-electron chi connectivity index (χ3n) is 13.3. The predicted molar refractivity (Wildman–Crippen MR) is 239 cm³/mol. The van der Waals surface area contributed by atoms with E-state index in [1.165, 1.54) is 136 Å². The summed E-state index contributed by atoms with van der Waals surface area (Å²) in [6.07, 6.45) is 12.7. The van der Waals surface area contributed by atoms with Crippen LogP contribution in [-0.2, 0) is 10.8 Å². The molecule has 2 aliphatic rings. The first kappa shape index (κ1) is 36.4. The Balaban J connectivity index is 1.23. The molecule has 9 rings (SSSR count). The van der Waals surface area contributed by atoms with Crippen molar-refractivity contribution in [3.8, 4) is 55.8 Å². The number of nitrogens with zero attached hydrogens (tertiary/aromatic N) is 1. The molecule has 2 aliphatic carbocycles. The summed E-state index contributed by atoms with van der Waals surface area (Å²) in [5.74, 6) is 0. The molecule has 56 heavy (non-hydrogen) atoms. The zero-order chi connectivity index (χ0) is 38.3. The van der Waals surface area contributed by atoms with Crippen LogP contribution >= 0.6 is 0 Å². The molecular formula is C55H55N. The first-order chi connectivity index (χ1) is 27.4. The van der Waals surface area contributed by atoms with Crippen molar-refractivity contribution in [1.82, 2.24) is 4.98 Å². The Morgan fingerprint density at radius 3 is 1.70 bits per heavy atom. The van der Waals surface area contributed by atoms with Gasteiger partial charge in [-0.15, -0.1) is 0 Å². The second-order valence-corrected chi connectivity index (χ2v) is 17.1. The molecule has 0 radical (unpaired) electrons. The third-order valence-corrected chi connectivity index (χ3v) is 13.3. The van der Waals surface area contributed by atoms with Gasteiger partial charge >= 0.3 is 0 Å². The Kier molecular flexibility index (Phi) is 9.74. The second-order valence-electron chi connectivity index (χ2n) is 17.1. The smallest absolute Gasteiger partial charge is 0.0716 e. The average Bonchev–Trinajstić information content (AvgIpc) is 3.65. The molecule has 280 valence electrons. The van der Waals surface area contributed by atoms with E-state index in [0.717, 1.165) is 11.2 Å². The van der Waals surface area contributed by atoms with Crippen LogP contribution in [0, 0.1) is 0 Å². The monoisotopic (exact) mass is 729 g/mol. The molecule has 1 aromatic heterocycles. The van der Waals surface area contributed by atoms with Crippen LogP contribution in [-0.4, -0.2) is 4.98 Å². The lowest BCUT2D eigenvalue weighted by molar-refractivity contribution is 0.401. The van der Waals surface area contributed by atoms with Gasteiger partial charge in [-0.3, -0.25) is 0 Å². The molecule has 6 aromatic carbocycles. The number of unbranched alkanes of at least 4 members (excludes halogenated alkanes) is 6. The van der Waals surface area contributed by atoms with Gasteiger partial charge < -0.3 is 0 Å². The minimum absolute atomic E-state index is 0.0326. The summed E-state index contributed by atoms with van der Waals surface area (Å²) in [6.45, 7) is 9.38. The summed E-state index contributed by atoms with van der Waals surface area (Å²) in [7, 11) is 0. The van der Waals surface area contributed by atoms with Crippen molar-refractivity contribution in [2.45, 2.75) is 103 Å². The van der Waals surface area contributed by atoms with E-state index in [9.17, 15) is 0 Å². The maximum absolute atomic E-state index is 5.44. The van der Waals surface area contributed by atoms with E-state index in [4.69, 9.17) is 4.98 Å². The highest BCUT2D eigenvalue weighted by atomic mass is 14.7. The zero-order valence-electron chi connectivity index (χ0n) is 33.8. The van der Waals surface area contributed by atoms with Crippen LogP contribution in [0.15, 0.2) is 140 Å². The lowest BCUT2D eigenvalue weighted by atomic mass is 9.70. The first-order valence-corrected chi connectivity index (χ1v) is 21.4. The van der Waals surface area contributed by atoms with Crippen molar-refractivity contribution in [3.05, 3.63) is 162 Å². The maximum Gasteiger partial charge on any atom is 0.0716 e. The minimum Gasteiger partial charge on any atom is -0.248 e. The Labute approximate surface area is 334 Å². The van der Waals surface area contributed by atoms with Crippen LogP contribution < -0.4 is 0 Å². The fourth-order valence-electron chi connectivity index (χ4n) is 10.3. The lowest BCUT2D eigenvalue weighted by Crippen LogP contribution is -2.25. The number of hydrogen-bond acceptors (Lipinski definition) is 1. The molecule has 1 heteroatoms. The fraction of sp³-hybridized carbons (Fsp3) is 0.291. The number of fused-ring (bicyclic) bond motifs is 7. The summed E-state index contributed by atoms with van der Waals surface area (Å²) in [5, 5.41) is 1.20. The normalized spacial score (nSPS) is 14.4. The Morgan fingerprint density at radius 1 is 0.411 bits per heavy atom. The van der Waals surface area contributed by atoms with E-state index < -0.39 is 0 Å². The Morgan fingerprint density at radius 2 is 0.982 bits per heavy atom. The van der Waals surface area contributed by atoms with Gasteiger partial charge in [0.25, 0.3) is 0 Å². The van der Waals surface area contributed by atoms with Gasteiger partial charge in [0.05, 0.1) is 11.2 Å². The summed E-state index contributed by atoms with van der Waals surface area (Å²) >= 11 is 0. The topological polar surface area (TPSA) is 12.9 Å². The highest BCUT2D eigenvalue weighted by molar-refractivity contribution is 6.00. The van der Waals surface area contributed by atoms with Gasteiger partial charge in [-0.1, -0.05) is 188 Å². The summed E-state index contributed by atoms with van der Waals surface area (Å²) in [5.41, 5.74) is 19.6. The van der Waals surface area contributed by atoms with Crippen molar-refractivity contribution in [1.29, 1.82) is 0 Å². The summed E-state index contributed by atoms with van der Waals surface area (Å²) in [4.78, 5) is 5.44. The minimum atomic E-state index is -0.0707. The molecule has 0 saturated heterocycles. The molecular weight excluding hydrogens is 675 g/mol. The third kappa shape index (κ3) is 6.21. The van der Waals surface area contributed by atoms with Crippen molar-refractivity contribution in [2.24, 2.45) is 0 Å². The quantitative estimate of drug-likeness (QED) is 0.108. The van der Waals surface area contributed by atoms with Gasteiger partial charge in [0, 0.05) is 21.8 Å².